The van der Waals surface area contributed by atoms with E-state index in [9.17, 15) is 10.1 Å². The summed E-state index contributed by atoms with van der Waals surface area (Å²) in [5, 5.41) is 11.7. The van der Waals surface area contributed by atoms with Crippen LogP contribution in [0.2, 0.25) is 5.15 Å². The Morgan fingerprint density at radius 2 is 2.33 bits per heavy atom. The number of pyridine rings is 1. The Balaban J connectivity index is 2.19. The van der Waals surface area contributed by atoms with Crippen LogP contribution in [0.1, 0.15) is 5.56 Å². The number of aliphatic imine (C=N–C) groups is 1. The number of halogens is 1. The maximum Gasteiger partial charge on any atom is 0.326 e. The van der Waals surface area contributed by atoms with Gasteiger partial charge in [-0.2, -0.15) is 0 Å². The molecule has 0 saturated heterocycles. The van der Waals surface area contributed by atoms with Crippen molar-refractivity contribution in [3.63, 3.8) is 0 Å². The van der Waals surface area contributed by atoms with Crippen molar-refractivity contribution >= 4 is 17.4 Å². The van der Waals surface area contributed by atoms with Gasteiger partial charge in [-0.1, -0.05) is 17.7 Å². The molecule has 1 aliphatic rings. The van der Waals surface area contributed by atoms with Gasteiger partial charge in [0.2, 0.25) is 5.84 Å². The van der Waals surface area contributed by atoms with Crippen LogP contribution < -0.4 is 0 Å². The molecule has 0 radical (unpaired) electrons. The zero-order chi connectivity index (χ0) is 15.4. The molecule has 8 heteroatoms. The minimum absolute atomic E-state index is 0.000535. The van der Waals surface area contributed by atoms with Crippen molar-refractivity contribution in [1.82, 2.24) is 14.8 Å². The summed E-state index contributed by atoms with van der Waals surface area (Å²) >= 11 is 5.75. The molecule has 0 atom stereocenters. The summed E-state index contributed by atoms with van der Waals surface area (Å²) in [5.74, 6) is 0.406. The summed E-state index contributed by atoms with van der Waals surface area (Å²) in [6.45, 7) is 1.72. The van der Waals surface area contributed by atoms with E-state index in [0.717, 1.165) is 5.56 Å². The molecule has 2 heterocycles. The predicted molar refractivity (Wildman–Crippen MR) is 80.7 cm³/mol. The third-order valence-electron chi connectivity index (χ3n) is 2.90. The van der Waals surface area contributed by atoms with Gasteiger partial charge in [0.1, 0.15) is 5.15 Å². The fourth-order valence-electron chi connectivity index (χ4n) is 2.03. The smallest absolute Gasteiger partial charge is 0.326 e. The van der Waals surface area contributed by atoms with Crippen LogP contribution in [0, 0.1) is 10.1 Å². The van der Waals surface area contributed by atoms with Crippen LogP contribution in [0.4, 0.5) is 0 Å². The van der Waals surface area contributed by atoms with E-state index in [0.29, 0.717) is 30.6 Å². The highest BCUT2D eigenvalue weighted by molar-refractivity contribution is 6.29. The van der Waals surface area contributed by atoms with Crippen molar-refractivity contribution in [2.45, 2.75) is 6.54 Å². The van der Waals surface area contributed by atoms with Crippen LogP contribution >= 0.6 is 11.6 Å². The third-order valence-corrected chi connectivity index (χ3v) is 3.12. The zero-order valence-corrected chi connectivity index (χ0v) is 12.6. The lowest BCUT2D eigenvalue weighted by Crippen LogP contribution is -2.31. The molecule has 1 aromatic rings. The number of hydrogen-bond donors (Lipinski definition) is 0. The highest BCUT2D eigenvalue weighted by Crippen LogP contribution is 2.16. The number of amidine groups is 1. The van der Waals surface area contributed by atoms with Gasteiger partial charge in [0.25, 0.3) is 0 Å². The molecule has 0 aliphatic carbocycles. The number of hydrogen-bond acceptors (Lipinski definition) is 6. The van der Waals surface area contributed by atoms with Crippen LogP contribution in [0.5, 0.6) is 0 Å². The second-order valence-electron chi connectivity index (χ2n) is 4.85. The summed E-state index contributed by atoms with van der Waals surface area (Å²) in [4.78, 5) is 22.6. The van der Waals surface area contributed by atoms with Gasteiger partial charge in [0, 0.05) is 33.4 Å². The van der Waals surface area contributed by atoms with Gasteiger partial charge in [0.15, 0.2) is 0 Å². The average molecular weight is 310 g/mol. The fraction of sp³-hybridized carbons (Fsp3) is 0.385. The van der Waals surface area contributed by atoms with Crippen LogP contribution in [-0.4, -0.2) is 52.7 Å². The topological polar surface area (TPSA) is 74.9 Å². The molecule has 7 nitrogen and oxygen atoms in total. The van der Waals surface area contributed by atoms with Gasteiger partial charge >= 0.3 is 5.70 Å². The number of aromatic nitrogens is 1. The molecule has 0 saturated carbocycles. The molecule has 0 N–H and O–H groups in total. The molecule has 21 heavy (non-hydrogen) atoms. The lowest BCUT2D eigenvalue weighted by Gasteiger charge is -2.19. The summed E-state index contributed by atoms with van der Waals surface area (Å²) in [5.41, 5.74) is 0.931. The van der Waals surface area contributed by atoms with Crippen molar-refractivity contribution in [2.75, 3.05) is 27.2 Å². The molecule has 0 fully saturated rings. The molecule has 0 bridgehead atoms. The Morgan fingerprint density at radius 1 is 1.57 bits per heavy atom. The fourth-order valence-corrected chi connectivity index (χ4v) is 2.14. The summed E-state index contributed by atoms with van der Waals surface area (Å²) in [7, 11) is 3.49. The number of rotatable bonds is 5. The van der Waals surface area contributed by atoms with Crippen LogP contribution in [0.25, 0.3) is 0 Å². The zero-order valence-electron chi connectivity index (χ0n) is 11.9. The molecule has 1 aromatic heterocycles. The quantitative estimate of drug-likeness (QED) is 0.469. The average Bonchev–Trinajstić information content (AvgIpc) is 2.86. The van der Waals surface area contributed by atoms with Crippen molar-refractivity contribution < 1.29 is 4.92 Å². The third kappa shape index (κ3) is 3.91. The maximum atomic E-state index is 11.2. The first-order valence-corrected chi connectivity index (χ1v) is 6.78. The van der Waals surface area contributed by atoms with E-state index in [1.165, 1.54) is 6.20 Å². The van der Waals surface area contributed by atoms with E-state index in [2.05, 4.69) is 9.98 Å². The van der Waals surface area contributed by atoms with E-state index < -0.39 is 4.92 Å². The summed E-state index contributed by atoms with van der Waals surface area (Å²) in [6, 6.07) is 3.56. The van der Waals surface area contributed by atoms with Crippen molar-refractivity contribution in [3.05, 3.63) is 51.1 Å². The number of nitrogens with zero attached hydrogens (tertiary/aromatic N) is 5. The molecule has 0 unspecified atom stereocenters. The van der Waals surface area contributed by atoms with Gasteiger partial charge < -0.3 is 9.80 Å². The Hall–Kier alpha value is -2.15. The Morgan fingerprint density at radius 3 is 2.90 bits per heavy atom. The lowest BCUT2D eigenvalue weighted by molar-refractivity contribution is -0.416. The van der Waals surface area contributed by atoms with E-state index in [1.54, 1.807) is 31.3 Å². The molecular formula is C13H16ClN5O2. The molecule has 0 spiro atoms. The minimum atomic E-state index is -0.405. The van der Waals surface area contributed by atoms with Gasteiger partial charge in [-0.05, 0) is 11.6 Å². The lowest BCUT2D eigenvalue weighted by atomic mass is 10.2. The van der Waals surface area contributed by atoms with Gasteiger partial charge in [-0.15, -0.1) is 0 Å². The minimum Gasteiger partial charge on any atom is -0.378 e. The van der Waals surface area contributed by atoms with E-state index in [1.807, 2.05) is 11.0 Å². The molecule has 112 valence electrons. The maximum absolute atomic E-state index is 11.2. The van der Waals surface area contributed by atoms with E-state index in [-0.39, 0.29) is 5.70 Å². The van der Waals surface area contributed by atoms with Crippen molar-refractivity contribution in [3.8, 4) is 0 Å². The highest BCUT2D eigenvalue weighted by atomic mass is 35.5. The molecule has 2 rings (SSSR count). The standard InChI is InChI=1S/C13H16ClN5O2/c1-17(2)9-11(19(20)21)13-15-5-6-18(13)8-10-3-4-12(14)16-7-10/h3-4,7,9H,5-6,8H2,1-2H3. The van der Waals surface area contributed by atoms with Crippen LogP contribution in [0.3, 0.4) is 0 Å². The first-order valence-electron chi connectivity index (χ1n) is 6.40. The van der Waals surface area contributed by atoms with Crippen molar-refractivity contribution in [1.29, 1.82) is 0 Å². The molecule has 1 aliphatic heterocycles. The largest absolute Gasteiger partial charge is 0.378 e. The Bertz CT molecular complexity index is 583. The monoisotopic (exact) mass is 309 g/mol. The summed E-state index contributed by atoms with van der Waals surface area (Å²) in [6.07, 6.45) is 3.14. The van der Waals surface area contributed by atoms with Gasteiger partial charge in [-0.3, -0.25) is 15.1 Å². The first-order chi connectivity index (χ1) is 9.97. The first kappa shape index (κ1) is 15.2. The normalized spacial score (nSPS) is 15.1. The van der Waals surface area contributed by atoms with Crippen LogP contribution in [0.15, 0.2) is 35.2 Å². The van der Waals surface area contributed by atoms with E-state index >= 15 is 0 Å². The molecular weight excluding hydrogens is 294 g/mol. The van der Waals surface area contributed by atoms with Crippen molar-refractivity contribution in [2.24, 2.45) is 4.99 Å². The van der Waals surface area contributed by atoms with E-state index in [4.69, 9.17) is 11.6 Å². The predicted octanol–water partition coefficient (Wildman–Crippen LogP) is 1.63. The second kappa shape index (κ2) is 6.53. The summed E-state index contributed by atoms with van der Waals surface area (Å²) < 4.78 is 0. The van der Waals surface area contributed by atoms with Crippen LogP contribution in [-0.2, 0) is 6.54 Å². The highest BCUT2D eigenvalue weighted by Gasteiger charge is 2.29. The number of nitro groups is 1. The molecule has 0 amide bonds. The molecule has 0 aromatic carbocycles. The van der Waals surface area contributed by atoms with Gasteiger partial charge in [-0.25, -0.2) is 4.98 Å². The Kier molecular flexibility index (Phi) is 4.74. The second-order valence-corrected chi connectivity index (χ2v) is 5.24. The SMILES string of the molecule is CN(C)C=C(C1=NCCN1Cc1ccc(Cl)nc1)[N+](=O)[O-]. The Labute approximate surface area is 127 Å². The van der Waals surface area contributed by atoms with Gasteiger partial charge in [0.05, 0.1) is 17.7 Å².